The minimum Gasteiger partial charge on any atom is -0.481 e. The van der Waals surface area contributed by atoms with E-state index in [0.29, 0.717) is 6.42 Å². The highest BCUT2D eigenvalue weighted by atomic mass is 16.4. The van der Waals surface area contributed by atoms with Crippen molar-refractivity contribution < 1.29 is 9.90 Å². The van der Waals surface area contributed by atoms with Gasteiger partial charge in [0, 0.05) is 29.6 Å². The van der Waals surface area contributed by atoms with E-state index < -0.39 is 11.4 Å². The lowest BCUT2D eigenvalue weighted by atomic mass is 9.88. The zero-order chi connectivity index (χ0) is 14.2. The fourth-order valence-corrected chi connectivity index (χ4v) is 2.50. The number of aromatic nitrogens is 1. The molecular weight excluding hydrogens is 238 g/mol. The normalized spacial score (nSPS) is 12.0. The van der Waals surface area contributed by atoms with Crippen molar-refractivity contribution in [2.45, 2.75) is 40.7 Å². The number of hydrogen-bond donors (Lipinski definition) is 1. The first kappa shape index (κ1) is 13.7. The Kier molecular flexibility index (Phi) is 3.40. The van der Waals surface area contributed by atoms with Crippen LogP contribution in [0.4, 0.5) is 0 Å². The number of aryl methyl sites for hydroxylation is 2. The first-order valence-corrected chi connectivity index (χ1v) is 6.67. The molecule has 0 spiro atoms. The van der Waals surface area contributed by atoms with E-state index in [9.17, 15) is 9.90 Å². The van der Waals surface area contributed by atoms with Crippen LogP contribution < -0.4 is 0 Å². The van der Waals surface area contributed by atoms with Gasteiger partial charge in [-0.05, 0) is 45.9 Å². The molecule has 19 heavy (non-hydrogen) atoms. The highest BCUT2D eigenvalue weighted by Gasteiger charge is 2.29. The SMILES string of the molecule is CCn1c(CC(C)(C)C(=O)O)cc2cc(C)ccc21. The Morgan fingerprint density at radius 3 is 2.58 bits per heavy atom. The Hall–Kier alpha value is -1.77. The molecule has 0 aliphatic heterocycles. The van der Waals surface area contributed by atoms with Gasteiger partial charge in [-0.2, -0.15) is 0 Å². The van der Waals surface area contributed by atoms with Crippen LogP contribution in [-0.4, -0.2) is 15.6 Å². The molecule has 0 fully saturated rings. The first-order valence-electron chi connectivity index (χ1n) is 6.67. The summed E-state index contributed by atoms with van der Waals surface area (Å²) in [6.45, 7) is 8.58. The average Bonchev–Trinajstić information content (AvgIpc) is 2.64. The molecule has 0 atom stereocenters. The molecule has 0 amide bonds. The second kappa shape index (κ2) is 4.72. The van der Waals surface area contributed by atoms with Crippen molar-refractivity contribution in [3.63, 3.8) is 0 Å². The van der Waals surface area contributed by atoms with E-state index >= 15 is 0 Å². The molecule has 0 bridgehead atoms. The number of nitrogens with zero attached hydrogens (tertiary/aromatic N) is 1. The third kappa shape index (κ3) is 2.50. The second-order valence-electron chi connectivity index (χ2n) is 5.81. The number of hydrogen-bond acceptors (Lipinski definition) is 1. The van der Waals surface area contributed by atoms with Crippen LogP contribution in [0.2, 0.25) is 0 Å². The van der Waals surface area contributed by atoms with E-state index in [1.807, 2.05) is 0 Å². The van der Waals surface area contributed by atoms with Crippen LogP contribution in [0.25, 0.3) is 10.9 Å². The average molecular weight is 259 g/mol. The summed E-state index contributed by atoms with van der Waals surface area (Å²) >= 11 is 0. The van der Waals surface area contributed by atoms with Gasteiger partial charge >= 0.3 is 5.97 Å². The Morgan fingerprint density at radius 2 is 2.00 bits per heavy atom. The lowest BCUT2D eigenvalue weighted by molar-refractivity contribution is -0.146. The van der Waals surface area contributed by atoms with Crippen molar-refractivity contribution in [2.75, 3.05) is 0 Å². The van der Waals surface area contributed by atoms with E-state index in [0.717, 1.165) is 12.2 Å². The number of carbonyl (C=O) groups is 1. The minimum absolute atomic E-state index is 0.546. The van der Waals surface area contributed by atoms with Crippen LogP contribution in [0, 0.1) is 12.3 Å². The summed E-state index contributed by atoms with van der Waals surface area (Å²) in [6.07, 6.45) is 0.546. The molecule has 0 radical (unpaired) electrons. The van der Waals surface area contributed by atoms with E-state index in [1.54, 1.807) is 13.8 Å². The maximum atomic E-state index is 11.3. The van der Waals surface area contributed by atoms with Crippen molar-refractivity contribution in [3.8, 4) is 0 Å². The number of fused-ring (bicyclic) bond motifs is 1. The van der Waals surface area contributed by atoms with Crippen molar-refractivity contribution in [1.82, 2.24) is 4.57 Å². The summed E-state index contributed by atoms with van der Waals surface area (Å²) in [5.74, 6) is -0.753. The molecule has 0 aliphatic rings. The smallest absolute Gasteiger partial charge is 0.309 e. The zero-order valence-electron chi connectivity index (χ0n) is 12.0. The molecule has 2 rings (SSSR count). The maximum Gasteiger partial charge on any atom is 0.309 e. The highest BCUT2D eigenvalue weighted by molar-refractivity contribution is 5.82. The van der Waals surface area contributed by atoms with E-state index in [1.165, 1.54) is 16.5 Å². The maximum absolute atomic E-state index is 11.3. The lowest BCUT2D eigenvalue weighted by Crippen LogP contribution is -2.27. The molecule has 1 N–H and O–H groups in total. The van der Waals surface area contributed by atoms with Gasteiger partial charge in [-0.1, -0.05) is 11.6 Å². The quantitative estimate of drug-likeness (QED) is 0.911. The molecule has 0 saturated carbocycles. The van der Waals surface area contributed by atoms with Gasteiger partial charge in [-0.15, -0.1) is 0 Å². The van der Waals surface area contributed by atoms with Crippen LogP contribution in [-0.2, 0) is 17.8 Å². The van der Waals surface area contributed by atoms with Gasteiger partial charge in [0.15, 0.2) is 0 Å². The Balaban J connectivity index is 2.51. The van der Waals surface area contributed by atoms with Gasteiger partial charge in [0.05, 0.1) is 5.41 Å². The van der Waals surface area contributed by atoms with Crippen LogP contribution in [0.3, 0.4) is 0 Å². The molecule has 0 aliphatic carbocycles. The van der Waals surface area contributed by atoms with Gasteiger partial charge in [0.1, 0.15) is 0 Å². The number of carboxylic acids is 1. The monoisotopic (exact) mass is 259 g/mol. The predicted octanol–water partition coefficient (Wildman–Crippen LogP) is 3.62. The number of aliphatic carboxylic acids is 1. The predicted molar refractivity (Wildman–Crippen MR) is 77.5 cm³/mol. The molecule has 2 aromatic rings. The molecule has 1 heterocycles. The first-order chi connectivity index (χ1) is 8.85. The molecule has 0 saturated heterocycles. The second-order valence-corrected chi connectivity index (χ2v) is 5.81. The third-order valence-corrected chi connectivity index (χ3v) is 3.66. The zero-order valence-corrected chi connectivity index (χ0v) is 12.0. The Bertz CT molecular complexity index is 623. The van der Waals surface area contributed by atoms with Gasteiger partial charge in [0.25, 0.3) is 0 Å². The standard InChI is InChI=1S/C16H21NO2/c1-5-17-13(10-16(3,4)15(18)19)9-12-8-11(2)6-7-14(12)17/h6-9H,5,10H2,1-4H3,(H,18,19). The molecule has 3 heteroatoms. The van der Waals surface area contributed by atoms with Crippen LogP contribution in [0.5, 0.6) is 0 Å². The summed E-state index contributed by atoms with van der Waals surface area (Å²) in [4.78, 5) is 11.3. The van der Waals surface area contributed by atoms with Gasteiger partial charge in [-0.3, -0.25) is 4.79 Å². The van der Waals surface area contributed by atoms with Gasteiger partial charge in [0.2, 0.25) is 0 Å². The minimum atomic E-state index is -0.753. The van der Waals surface area contributed by atoms with Crippen LogP contribution in [0.1, 0.15) is 32.0 Å². The Morgan fingerprint density at radius 1 is 1.32 bits per heavy atom. The number of benzene rings is 1. The fourth-order valence-electron chi connectivity index (χ4n) is 2.50. The molecule has 3 nitrogen and oxygen atoms in total. The molecule has 0 unspecified atom stereocenters. The van der Waals surface area contributed by atoms with E-state index in [-0.39, 0.29) is 0 Å². The lowest BCUT2D eigenvalue weighted by Gasteiger charge is -2.20. The summed E-state index contributed by atoms with van der Waals surface area (Å²) in [7, 11) is 0. The van der Waals surface area contributed by atoms with Gasteiger partial charge in [-0.25, -0.2) is 0 Å². The van der Waals surface area contributed by atoms with Crippen LogP contribution in [0.15, 0.2) is 24.3 Å². The molecule has 1 aromatic carbocycles. The van der Waals surface area contributed by atoms with E-state index in [2.05, 4.69) is 42.7 Å². The largest absolute Gasteiger partial charge is 0.481 e. The third-order valence-electron chi connectivity index (χ3n) is 3.66. The summed E-state index contributed by atoms with van der Waals surface area (Å²) < 4.78 is 2.21. The van der Waals surface area contributed by atoms with Crippen LogP contribution >= 0.6 is 0 Å². The topological polar surface area (TPSA) is 42.2 Å². The van der Waals surface area contributed by atoms with E-state index in [4.69, 9.17) is 0 Å². The molecule has 1 aromatic heterocycles. The Labute approximate surface area is 113 Å². The number of rotatable bonds is 4. The molecule has 102 valence electrons. The summed E-state index contributed by atoms with van der Waals surface area (Å²) in [5.41, 5.74) is 2.76. The van der Waals surface area contributed by atoms with Crippen molar-refractivity contribution >= 4 is 16.9 Å². The highest BCUT2D eigenvalue weighted by Crippen LogP contribution is 2.27. The fraction of sp³-hybridized carbons (Fsp3) is 0.438. The summed E-state index contributed by atoms with van der Waals surface area (Å²) in [5, 5.41) is 10.5. The molecular formula is C16H21NO2. The van der Waals surface area contributed by atoms with Gasteiger partial charge < -0.3 is 9.67 Å². The summed E-state index contributed by atoms with van der Waals surface area (Å²) in [6, 6.07) is 8.49. The van der Waals surface area contributed by atoms with Crippen molar-refractivity contribution in [1.29, 1.82) is 0 Å². The van der Waals surface area contributed by atoms with Crippen molar-refractivity contribution in [2.24, 2.45) is 5.41 Å². The number of carboxylic acid groups (broad SMARTS) is 1. The van der Waals surface area contributed by atoms with Crippen molar-refractivity contribution in [3.05, 3.63) is 35.5 Å².